The molecule has 0 aliphatic carbocycles. The molecule has 1 aromatic carbocycles. The van der Waals surface area contributed by atoms with Gasteiger partial charge in [-0.1, -0.05) is 19.1 Å². The normalized spacial score (nSPS) is 15.2. The quantitative estimate of drug-likeness (QED) is 0.897. The lowest BCUT2D eigenvalue weighted by atomic mass is 10.1. The summed E-state index contributed by atoms with van der Waals surface area (Å²) in [6.45, 7) is 4.25. The molecule has 1 fully saturated rings. The first-order chi connectivity index (χ1) is 12.2. The molecule has 2 aromatic rings. The van der Waals surface area contributed by atoms with Crippen LogP contribution >= 0.6 is 0 Å². The summed E-state index contributed by atoms with van der Waals surface area (Å²) in [5.41, 5.74) is 2.62. The summed E-state index contributed by atoms with van der Waals surface area (Å²) in [6, 6.07) is 9.17. The number of hydrogen-bond acceptors (Lipinski definition) is 3. The second-order valence-corrected chi connectivity index (χ2v) is 6.13. The number of aromatic nitrogens is 2. The number of carbonyl (C=O) groups excluding carboxylic acids is 2. The number of amides is 3. The Morgan fingerprint density at radius 3 is 2.72 bits per heavy atom. The Morgan fingerprint density at radius 2 is 2.04 bits per heavy atom. The van der Waals surface area contributed by atoms with Crippen molar-refractivity contribution in [1.82, 2.24) is 20.0 Å². The van der Waals surface area contributed by atoms with Gasteiger partial charge in [-0.05, 0) is 36.6 Å². The number of anilines is 1. The highest BCUT2D eigenvalue weighted by Gasteiger charge is 2.24. The highest BCUT2D eigenvalue weighted by atomic mass is 16.2. The smallest absolute Gasteiger partial charge is 0.322 e. The molecule has 1 aliphatic rings. The van der Waals surface area contributed by atoms with Gasteiger partial charge in [0.05, 0.1) is 5.69 Å². The van der Waals surface area contributed by atoms with E-state index in [4.69, 9.17) is 0 Å². The zero-order valence-corrected chi connectivity index (χ0v) is 14.4. The third kappa shape index (κ3) is 4.17. The standard InChI is InChI=1S/C18H23N5O2/c1-2-10-22-11-3-12-23(13-17(22)24)18(25)20-15-6-4-14(5-7-15)16-8-9-19-21-16/h4-9H,2-3,10-13H2,1H3,(H,19,21)(H,20,25). The first-order valence-corrected chi connectivity index (χ1v) is 8.61. The van der Waals surface area contributed by atoms with Crippen LogP contribution in [0.1, 0.15) is 19.8 Å². The van der Waals surface area contributed by atoms with Crippen LogP contribution in [0.25, 0.3) is 11.3 Å². The van der Waals surface area contributed by atoms with Gasteiger partial charge in [0.2, 0.25) is 5.91 Å². The summed E-state index contributed by atoms with van der Waals surface area (Å²) in [6.07, 6.45) is 3.43. The predicted octanol–water partition coefficient (Wildman–Crippen LogP) is 2.55. The minimum atomic E-state index is -0.235. The molecule has 132 valence electrons. The van der Waals surface area contributed by atoms with E-state index in [0.717, 1.165) is 37.2 Å². The Morgan fingerprint density at radius 1 is 1.24 bits per heavy atom. The van der Waals surface area contributed by atoms with Gasteiger partial charge in [0.1, 0.15) is 6.54 Å². The van der Waals surface area contributed by atoms with E-state index in [9.17, 15) is 9.59 Å². The van der Waals surface area contributed by atoms with Crippen LogP contribution in [0.5, 0.6) is 0 Å². The number of H-pyrrole nitrogens is 1. The average molecular weight is 341 g/mol. The number of carbonyl (C=O) groups is 2. The van der Waals surface area contributed by atoms with Crippen molar-refractivity contribution >= 4 is 17.6 Å². The summed E-state index contributed by atoms with van der Waals surface area (Å²) in [5.74, 6) is 0.0177. The summed E-state index contributed by atoms with van der Waals surface area (Å²) in [5, 5.41) is 9.70. The molecule has 0 atom stereocenters. The minimum absolute atomic E-state index is 0.0177. The van der Waals surface area contributed by atoms with Crippen LogP contribution in [-0.2, 0) is 4.79 Å². The van der Waals surface area contributed by atoms with E-state index >= 15 is 0 Å². The fourth-order valence-corrected chi connectivity index (χ4v) is 2.95. The van der Waals surface area contributed by atoms with Crippen molar-refractivity contribution in [1.29, 1.82) is 0 Å². The second kappa shape index (κ2) is 7.83. The monoisotopic (exact) mass is 341 g/mol. The van der Waals surface area contributed by atoms with Crippen LogP contribution < -0.4 is 5.32 Å². The maximum Gasteiger partial charge on any atom is 0.322 e. The molecule has 2 heterocycles. The molecule has 7 heteroatoms. The molecule has 3 amide bonds. The lowest BCUT2D eigenvalue weighted by Crippen LogP contribution is -2.41. The van der Waals surface area contributed by atoms with Crippen LogP contribution in [0, 0.1) is 0 Å². The van der Waals surface area contributed by atoms with Crippen molar-refractivity contribution < 1.29 is 9.59 Å². The first-order valence-electron chi connectivity index (χ1n) is 8.61. The van der Waals surface area contributed by atoms with Gasteiger partial charge in [0.25, 0.3) is 0 Å². The van der Waals surface area contributed by atoms with Gasteiger partial charge in [-0.3, -0.25) is 9.89 Å². The molecule has 0 bridgehead atoms. The van der Waals surface area contributed by atoms with E-state index in [1.807, 2.05) is 35.2 Å². The summed E-state index contributed by atoms with van der Waals surface area (Å²) in [7, 11) is 0. The Balaban J connectivity index is 1.61. The number of benzene rings is 1. The number of aromatic amines is 1. The maximum absolute atomic E-state index is 12.5. The Bertz CT molecular complexity index is 712. The van der Waals surface area contributed by atoms with Crippen molar-refractivity contribution in [3.05, 3.63) is 36.5 Å². The summed E-state index contributed by atoms with van der Waals surface area (Å²) < 4.78 is 0. The lowest BCUT2D eigenvalue weighted by molar-refractivity contribution is -0.130. The van der Waals surface area contributed by atoms with E-state index in [1.165, 1.54) is 0 Å². The molecule has 2 N–H and O–H groups in total. The van der Waals surface area contributed by atoms with Crippen molar-refractivity contribution in [2.75, 3.05) is 31.5 Å². The SMILES string of the molecule is CCCN1CCCN(C(=O)Nc2ccc(-c3ccn[nH]3)cc2)CC1=O. The van der Waals surface area contributed by atoms with Crippen LogP contribution in [0.3, 0.4) is 0 Å². The molecule has 0 unspecified atom stereocenters. The molecular weight excluding hydrogens is 318 g/mol. The zero-order chi connectivity index (χ0) is 17.6. The molecule has 7 nitrogen and oxygen atoms in total. The van der Waals surface area contributed by atoms with Crippen LogP contribution in [0.15, 0.2) is 36.5 Å². The molecule has 3 rings (SSSR count). The van der Waals surface area contributed by atoms with E-state index in [0.29, 0.717) is 12.2 Å². The highest BCUT2D eigenvalue weighted by molar-refractivity contribution is 5.92. The predicted molar refractivity (Wildman–Crippen MR) is 96.1 cm³/mol. The number of rotatable bonds is 4. The maximum atomic E-state index is 12.5. The minimum Gasteiger partial charge on any atom is -0.341 e. The van der Waals surface area contributed by atoms with Crippen molar-refractivity contribution in [3.8, 4) is 11.3 Å². The van der Waals surface area contributed by atoms with E-state index in [1.54, 1.807) is 11.1 Å². The van der Waals surface area contributed by atoms with Gasteiger partial charge >= 0.3 is 6.03 Å². The van der Waals surface area contributed by atoms with Gasteiger partial charge in [-0.15, -0.1) is 0 Å². The average Bonchev–Trinajstić information content (AvgIpc) is 3.08. The van der Waals surface area contributed by atoms with Crippen LogP contribution in [0.2, 0.25) is 0 Å². The summed E-state index contributed by atoms with van der Waals surface area (Å²) >= 11 is 0. The number of nitrogens with one attached hydrogen (secondary N) is 2. The second-order valence-electron chi connectivity index (χ2n) is 6.13. The summed E-state index contributed by atoms with van der Waals surface area (Å²) in [4.78, 5) is 28.1. The van der Waals surface area contributed by atoms with Gasteiger partial charge in [-0.2, -0.15) is 5.10 Å². The van der Waals surface area contributed by atoms with Crippen LogP contribution in [-0.4, -0.2) is 58.1 Å². The molecule has 0 spiro atoms. The molecular formula is C18H23N5O2. The third-order valence-electron chi connectivity index (χ3n) is 4.26. The van der Waals surface area contributed by atoms with Gasteiger partial charge in [0, 0.05) is 31.5 Å². The molecule has 1 aromatic heterocycles. The van der Waals surface area contributed by atoms with Gasteiger partial charge in [-0.25, -0.2) is 4.79 Å². The largest absolute Gasteiger partial charge is 0.341 e. The third-order valence-corrected chi connectivity index (χ3v) is 4.26. The van der Waals surface area contributed by atoms with Crippen LogP contribution in [0.4, 0.5) is 10.5 Å². The molecule has 0 saturated carbocycles. The van der Waals surface area contributed by atoms with E-state index < -0.39 is 0 Å². The molecule has 1 aliphatic heterocycles. The molecule has 25 heavy (non-hydrogen) atoms. The van der Waals surface area contributed by atoms with Gasteiger partial charge < -0.3 is 15.1 Å². The van der Waals surface area contributed by atoms with Crippen molar-refractivity contribution in [2.45, 2.75) is 19.8 Å². The van der Waals surface area contributed by atoms with Gasteiger partial charge in [0.15, 0.2) is 0 Å². The number of nitrogens with zero attached hydrogens (tertiary/aromatic N) is 3. The van der Waals surface area contributed by atoms with Crippen molar-refractivity contribution in [3.63, 3.8) is 0 Å². The topological polar surface area (TPSA) is 81.3 Å². The van der Waals surface area contributed by atoms with E-state index in [-0.39, 0.29) is 18.5 Å². The number of hydrogen-bond donors (Lipinski definition) is 2. The Kier molecular flexibility index (Phi) is 5.33. The van der Waals surface area contributed by atoms with E-state index in [2.05, 4.69) is 22.4 Å². The highest BCUT2D eigenvalue weighted by Crippen LogP contribution is 2.19. The zero-order valence-electron chi connectivity index (χ0n) is 14.4. The Hall–Kier alpha value is -2.83. The number of urea groups is 1. The fourth-order valence-electron chi connectivity index (χ4n) is 2.95. The molecule has 1 saturated heterocycles. The lowest BCUT2D eigenvalue weighted by Gasteiger charge is -2.21. The van der Waals surface area contributed by atoms with Crippen molar-refractivity contribution in [2.24, 2.45) is 0 Å². The fraction of sp³-hybridized carbons (Fsp3) is 0.389. The first kappa shape index (κ1) is 17.0. The Labute approximate surface area is 147 Å². The molecule has 0 radical (unpaired) electrons.